The van der Waals surface area contributed by atoms with Crippen molar-refractivity contribution in [2.24, 2.45) is 0 Å². The van der Waals surface area contributed by atoms with Gasteiger partial charge in [-0.2, -0.15) is 4.98 Å². The maximum absolute atomic E-state index is 12.1. The Kier molecular flexibility index (Phi) is 5.14. The predicted molar refractivity (Wildman–Crippen MR) is 86.1 cm³/mol. The minimum atomic E-state index is -0.0619. The molecule has 1 fully saturated rings. The average Bonchev–Trinajstić information content (AvgIpc) is 2.55. The Labute approximate surface area is 139 Å². The number of hydrogen-bond acceptors (Lipinski definition) is 7. The highest BCUT2D eigenvalue weighted by molar-refractivity contribution is 6.28. The smallest absolute Gasteiger partial charge is 0.239 e. The first-order valence-electron chi connectivity index (χ1n) is 7.56. The van der Waals surface area contributed by atoms with Gasteiger partial charge in [-0.15, -0.1) is 0 Å². The minimum Gasteiger partial charge on any atom is -0.383 e. The van der Waals surface area contributed by atoms with Crippen LogP contribution in [0.5, 0.6) is 0 Å². The topological polar surface area (TPSA) is 79.8 Å². The Morgan fingerprint density at radius 3 is 3.30 bits per heavy atom. The van der Waals surface area contributed by atoms with Gasteiger partial charge in [0.2, 0.25) is 11.2 Å². The Hall–Kier alpha value is -1.64. The van der Waals surface area contributed by atoms with Crippen molar-refractivity contribution in [3.63, 3.8) is 0 Å². The summed E-state index contributed by atoms with van der Waals surface area (Å²) in [7, 11) is 1.60. The second-order valence-electron chi connectivity index (χ2n) is 5.49. The van der Waals surface area contributed by atoms with E-state index in [0.717, 1.165) is 18.1 Å². The van der Waals surface area contributed by atoms with E-state index in [1.807, 2.05) is 4.90 Å². The van der Waals surface area contributed by atoms with Gasteiger partial charge in [-0.05, 0) is 11.6 Å². The fourth-order valence-electron chi connectivity index (χ4n) is 2.89. The summed E-state index contributed by atoms with van der Waals surface area (Å²) in [5, 5.41) is 3.04. The van der Waals surface area contributed by atoms with E-state index in [2.05, 4.69) is 20.2 Å². The summed E-state index contributed by atoms with van der Waals surface area (Å²) in [6, 6.07) is 0.161. The van der Waals surface area contributed by atoms with Gasteiger partial charge in [0.25, 0.3) is 0 Å². The molecule has 0 aliphatic carbocycles. The van der Waals surface area contributed by atoms with Crippen LogP contribution in [-0.2, 0) is 14.3 Å². The van der Waals surface area contributed by atoms with E-state index in [-0.39, 0.29) is 23.8 Å². The van der Waals surface area contributed by atoms with Crippen molar-refractivity contribution in [1.29, 1.82) is 0 Å². The second kappa shape index (κ2) is 7.29. The number of carbonyl (C=O) groups is 1. The number of halogens is 1. The summed E-state index contributed by atoms with van der Waals surface area (Å²) < 4.78 is 10.5. The third-order valence-electron chi connectivity index (χ3n) is 3.95. The number of aromatic nitrogens is 2. The van der Waals surface area contributed by atoms with Crippen molar-refractivity contribution in [3.05, 3.63) is 11.5 Å². The van der Waals surface area contributed by atoms with Crippen LogP contribution < -0.4 is 15.1 Å². The predicted octanol–water partition coefficient (Wildman–Crippen LogP) is -0.0822. The number of anilines is 2. The number of carbonyl (C=O) groups excluding carboxylic acids is 1. The first-order valence-corrected chi connectivity index (χ1v) is 7.94. The van der Waals surface area contributed by atoms with E-state index in [0.29, 0.717) is 32.9 Å². The molecule has 1 atom stereocenters. The molecule has 2 aliphatic heterocycles. The third-order valence-corrected chi connectivity index (χ3v) is 4.14. The minimum absolute atomic E-state index is 0.0619. The Balaban J connectivity index is 1.77. The van der Waals surface area contributed by atoms with Crippen LogP contribution in [0, 0.1) is 0 Å². The lowest BCUT2D eigenvalue weighted by atomic mass is 10.1. The lowest BCUT2D eigenvalue weighted by Crippen LogP contribution is -2.57. The number of nitrogens with one attached hydrogen (secondary N) is 1. The first-order chi connectivity index (χ1) is 11.2. The zero-order valence-corrected chi connectivity index (χ0v) is 13.8. The molecule has 3 heterocycles. The molecule has 2 aliphatic rings. The highest BCUT2D eigenvalue weighted by atomic mass is 35.5. The van der Waals surface area contributed by atoms with Gasteiger partial charge in [-0.1, -0.05) is 0 Å². The van der Waals surface area contributed by atoms with Crippen molar-refractivity contribution in [3.8, 4) is 0 Å². The molecule has 0 spiro atoms. The van der Waals surface area contributed by atoms with Crippen LogP contribution >= 0.6 is 11.6 Å². The molecule has 126 valence electrons. The van der Waals surface area contributed by atoms with Gasteiger partial charge < -0.3 is 24.6 Å². The summed E-state index contributed by atoms with van der Waals surface area (Å²) in [5.74, 6) is 0.711. The van der Waals surface area contributed by atoms with E-state index in [1.165, 1.54) is 0 Å². The number of nitrogens with zero attached hydrogens (tertiary/aromatic N) is 4. The fraction of sp³-hybridized carbons (Fsp3) is 0.643. The number of fused-ring (bicyclic) bond motifs is 3. The van der Waals surface area contributed by atoms with Crippen LogP contribution in [0.2, 0.25) is 5.28 Å². The highest BCUT2D eigenvalue weighted by Crippen LogP contribution is 2.34. The molecule has 0 aromatic carbocycles. The number of hydrogen-bond donors (Lipinski definition) is 1. The van der Waals surface area contributed by atoms with E-state index in [9.17, 15) is 4.79 Å². The van der Waals surface area contributed by atoms with Gasteiger partial charge >= 0.3 is 0 Å². The molecule has 23 heavy (non-hydrogen) atoms. The number of ether oxygens (including phenoxy) is 2. The molecule has 9 heteroatoms. The van der Waals surface area contributed by atoms with Gasteiger partial charge in [0.05, 0.1) is 44.3 Å². The zero-order valence-electron chi connectivity index (χ0n) is 13.0. The molecule has 3 rings (SSSR count). The summed E-state index contributed by atoms with van der Waals surface area (Å²) in [6.45, 7) is 3.95. The summed E-state index contributed by atoms with van der Waals surface area (Å²) in [5.41, 5.74) is 0.828. The van der Waals surface area contributed by atoms with Gasteiger partial charge in [0.15, 0.2) is 5.82 Å². The van der Waals surface area contributed by atoms with Crippen LogP contribution in [0.4, 0.5) is 11.5 Å². The highest BCUT2D eigenvalue weighted by Gasteiger charge is 2.35. The summed E-state index contributed by atoms with van der Waals surface area (Å²) in [6.07, 6.45) is 1.68. The SMILES string of the molecule is COCCNC(=O)CN1C[C@@H]2COCCN2c2nc(Cl)ncc21. The van der Waals surface area contributed by atoms with Gasteiger partial charge in [0.1, 0.15) is 0 Å². The van der Waals surface area contributed by atoms with Gasteiger partial charge in [-0.3, -0.25) is 4.79 Å². The van der Waals surface area contributed by atoms with E-state index in [1.54, 1.807) is 13.3 Å². The molecular weight excluding hydrogens is 322 g/mol. The molecule has 0 radical (unpaired) electrons. The molecule has 8 nitrogen and oxygen atoms in total. The van der Waals surface area contributed by atoms with Crippen molar-refractivity contribution in [2.75, 3.05) is 62.9 Å². The molecular formula is C14H20ClN5O3. The van der Waals surface area contributed by atoms with E-state index >= 15 is 0 Å². The largest absolute Gasteiger partial charge is 0.383 e. The zero-order chi connectivity index (χ0) is 16.2. The average molecular weight is 342 g/mol. The molecule has 1 aromatic rings. The summed E-state index contributed by atoms with van der Waals surface area (Å²) in [4.78, 5) is 24.7. The Bertz CT molecular complexity index is 573. The van der Waals surface area contributed by atoms with Crippen molar-refractivity contribution in [2.45, 2.75) is 6.04 Å². The van der Waals surface area contributed by atoms with Crippen LogP contribution in [0.15, 0.2) is 6.20 Å². The van der Waals surface area contributed by atoms with Gasteiger partial charge in [0, 0.05) is 26.7 Å². The number of amides is 1. The molecule has 0 saturated carbocycles. The molecule has 1 N–H and O–H groups in total. The van der Waals surface area contributed by atoms with Crippen molar-refractivity contribution in [1.82, 2.24) is 15.3 Å². The standard InChI is InChI=1S/C14H20ClN5O3/c1-22-4-2-16-12(21)8-19-7-10-9-23-5-3-20(10)13-11(19)6-17-14(15)18-13/h6,10H,2-5,7-9H2,1H3,(H,16,21)/t10-/m1/s1. The maximum atomic E-state index is 12.1. The molecule has 0 bridgehead atoms. The monoisotopic (exact) mass is 341 g/mol. The van der Waals surface area contributed by atoms with Crippen LogP contribution in [0.1, 0.15) is 0 Å². The van der Waals surface area contributed by atoms with E-state index < -0.39 is 0 Å². The Morgan fingerprint density at radius 1 is 1.61 bits per heavy atom. The van der Waals surface area contributed by atoms with Crippen LogP contribution in [0.25, 0.3) is 0 Å². The first kappa shape index (κ1) is 16.2. The van der Waals surface area contributed by atoms with Crippen molar-refractivity contribution >= 4 is 29.0 Å². The maximum Gasteiger partial charge on any atom is 0.239 e. The fourth-order valence-corrected chi connectivity index (χ4v) is 3.02. The lowest BCUT2D eigenvalue weighted by molar-refractivity contribution is -0.120. The normalized spacial score (nSPS) is 20.0. The van der Waals surface area contributed by atoms with Crippen LogP contribution in [0.3, 0.4) is 0 Å². The molecule has 1 aromatic heterocycles. The number of morpholine rings is 1. The molecule has 0 unspecified atom stereocenters. The second-order valence-corrected chi connectivity index (χ2v) is 5.83. The lowest BCUT2D eigenvalue weighted by Gasteiger charge is -2.45. The number of methoxy groups -OCH3 is 1. The molecule has 1 saturated heterocycles. The van der Waals surface area contributed by atoms with Crippen LogP contribution in [-0.4, -0.2) is 75.0 Å². The summed E-state index contributed by atoms with van der Waals surface area (Å²) >= 11 is 5.95. The van der Waals surface area contributed by atoms with Gasteiger partial charge in [-0.25, -0.2) is 4.98 Å². The third kappa shape index (κ3) is 3.65. The molecule has 1 amide bonds. The number of rotatable bonds is 5. The van der Waals surface area contributed by atoms with E-state index in [4.69, 9.17) is 21.1 Å². The van der Waals surface area contributed by atoms with Crippen molar-refractivity contribution < 1.29 is 14.3 Å². The Morgan fingerprint density at radius 2 is 2.48 bits per heavy atom. The quantitative estimate of drug-likeness (QED) is 0.592.